The molecule has 0 radical (unpaired) electrons. The van der Waals surface area contributed by atoms with Crippen molar-refractivity contribution < 1.29 is 19.5 Å². The predicted octanol–water partition coefficient (Wildman–Crippen LogP) is 1.88. The van der Waals surface area contributed by atoms with Crippen molar-refractivity contribution in [2.75, 3.05) is 47.4 Å². The Hall–Kier alpha value is -2.80. The van der Waals surface area contributed by atoms with Crippen LogP contribution in [0.4, 0.5) is 0 Å². The van der Waals surface area contributed by atoms with Gasteiger partial charge in [-0.1, -0.05) is 17.3 Å². The number of amides is 1. The first-order valence-electron chi connectivity index (χ1n) is 8.35. The van der Waals surface area contributed by atoms with Gasteiger partial charge in [-0.2, -0.15) is 0 Å². The van der Waals surface area contributed by atoms with Gasteiger partial charge in [-0.25, -0.2) is 0 Å². The molecule has 7 nitrogen and oxygen atoms in total. The Morgan fingerprint density at radius 1 is 1.08 bits per heavy atom. The normalized spacial score (nSPS) is 16.4. The number of hydrogen-bond donors (Lipinski definition) is 1. The zero-order valence-electron chi connectivity index (χ0n) is 15.4. The molecule has 1 aliphatic heterocycles. The first kappa shape index (κ1) is 19.5. The summed E-state index contributed by atoms with van der Waals surface area (Å²) >= 11 is 0. The third kappa shape index (κ3) is 5.35. The van der Waals surface area contributed by atoms with Crippen molar-refractivity contribution in [1.82, 2.24) is 9.80 Å². The van der Waals surface area contributed by atoms with Crippen molar-refractivity contribution in [2.24, 2.45) is 5.16 Å². The van der Waals surface area contributed by atoms with Crippen LogP contribution in [0.25, 0.3) is 6.08 Å². The minimum atomic E-state index is -0.0845. The highest BCUT2D eigenvalue weighted by atomic mass is 16.5. The van der Waals surface area contributed by atoms with Gasteiger partial charge in [0.2, 0.25) is 5.91 Å². The van der Waals surface area contributed by atoms with E-state index in [2.05, 4.69) is 10.1 Å². The van der Waals surface area contributed by atoms with Gasteiger partial charge < -0.3 is 24.5 Å². The highest BCUT2D eigenvalue weighted by Gasteiger charge is 2.16. The molecule has 1 N–H and O–H groups in total. The Morgan fingerprint density at radius 3 is 2.38 bits per heavy atom. The number of allylic oxidation sites excluding steroid dienone is 2. The second-order valence-corrected chi connectivity index (χ2v) is 5.93. The molecule has 26 heavy (non-hydrogen) atoms. The first-order valence-corrected chi connectivity index (χ1v) is 8.35. The van der Waals surface area contributed by atoms with Gasteiger partial charge in [0.25, 0.3) is 0 Å². The molecule has 0 aliphatic carbocycles. The Labute approximate surface area is 153 Å². The van der Waals surface area contributed by atoms with Crippen molar-refractivity contribution in [1.29, 1.82) is 0 Å². The number of oxime groups is 1. The summed E-state index contributed by atoms with van der Waals surface area (Å²) in [6, 6.07) is 5.45. The molecule has 2 rings (SSSR count). The molecule has 7 heteroatoms. The average Bonchev–Trinajstić information content (AvgIpc) is 2.68. The molecule has 1 saturated heterocycles. The van der Waals surface area contributed by atoms with E-state index in [-0.39, 0.29) is 11.6 Å². The summed E-state index contributed by atoms with van der Waals surface area (Å²) in [5.41, 5.74) is 1.13. The number of piperazine rings is 1. The van der Waals surface area contributed by atoms with E-state index in [9.17, 15) is 4.79 Å². The Bertz CT molecular complexity index is 705. The van der Waals surface area contributed by atoms with Gasteiger partial charge in [-0.3, -0.25) is 4.79 Å². The van der Waals surface area contributed by atoms with E-state index < -0.39 is 0 Å². The van der Waals surface area contributed by atoms with E-state index in [1.165, 1.54) is 12.2 Å². The highest BCUT2D eigenvalue weighted by Crippen LogP contribution is 2.27. The number of carbonyl (C=O) groups is 1. The molecule has 0 aromatic heterocycles. The molecular formula is C19H25N3O4. The van der Waals surface area contributed by atoms with E-state index in [0.29, 0.717) is 24.6 Å². The van der Waals surface area contributed by atoms with E-state index in [1.54, 1.807) is 37.3 Å². The van der Waals surface area contributed by atoms with Gasteiger partial charge in [0.15, 0.2) is 11.5 Å². The van der Waals surface area contributed by atoms with E-state index in [1.807, 2.05) is 19.2 Å². The van der Waals surface area contributed by atoms with Crippen LogP contribution in [0.3, 0.4) is 0 Å². The number of carbonyl (C=O) groups excluding carboxylic acids is 1. The predicted molar refractivity (Wildman–Crippen MR) is 101 cm³/mol. The Balaban J connectivity index is 2.00. The van der Waals surface area contributed by atoms with Gasteiger partial charge in [0.05, 0.1) is 14.2 Å². The molecule has 140 valence electrons. The molecule has 0 atom stereocenters. The maximum absolute atomic E-state index is 12.2. The van der Waals surface area contributed by atoms with Crippen LogP contribution in [0.15, 0.2) is 41.6 Å². The molecular weight excluding hydrogens is 334 g/mol. The molecule has 0 saturated carbocycles. The van der Waals surface area contributed by atoms with E-state index >= 15 is 0 Å². The molecule has 0 bridgehead atoms. The maximum atomic E-state index is 12.2. The second-order valence-electron chi connectivity index (χ2n) is 5.93. The summed E-state index contributed by atoms with van der Waals surface area (Å²) in [7, 11) is 5.18. The highest BCUT2D eigenvalue weighted by molar-refractivity contribution is 6.08. The number of rotatable bonds is 6. The van der Waals surface area contributed by atoms with Crippen molar-refractivity contribution in [2.45, 2.75) is 0 Å². The SMILES string of the molecule is COc1ccc(/C=C/C(/C=C/C(=O)N2CCN(C)CC2)=NO)cc1OC. The quantitative estimate of drug-likeness (QED) is 0.363. The first-order chi connectivity index (χ1) is 12.6. The lowest BCUT2D eigenvalue weighted by Gasteiger charge is -2.31. The van der Waals surface area contributed by atoms with Gasteiger partial charge in [-0.15, -0.1) is 0 Å². The van der Waals surface area contributed by atoms with Gasteiger partial charge >= 0.3 is 0 Å². The third-order valence-electron chi connectivity index (χ3n) is 4.18. The van der Waals surface area contributed by atoms with Crippen LogP contribution < -0.4 is 9.47 Å². The molecule has 1 amide bonds. The standard InChI is InChI=1S/C19H25N3O4/c1-21-10-12-22(13-11-21)19(23)9-7-16(20-24)6-4-15-5-8-17(25-2)18(14-15)26-3/h4-9,14,24H,10-13H2,1-3H3/b6-4+,9-7+,20-16?. The van der Waals surface area contributed by atoms with Crippen molar-refractivity contribution in [3.05, 3.63) is 42.0 Å². The molecule has 0 spiro atoms. The van der Waals surface area contributed by atoms with Crippen molar-refractivity contribution in [3.63, 3.8) is 0 Å². The zero-order chi connectivity index (χ0) is 18.9. The lowest BCUT2D eigenvalue weighted by atomic mass is 10.1. The van der Waals surface area contributed by atoms with Crippen molar-refractivity contribution in [3.8, 4) is 11.5 Å². The zero-order valence-corrected chi connectivity index (χ0v) is 15.4. The molecule has 1 aromatic rings. The summed E-state index contributed by atoms with van der Waals surface area (Å²) in [5.74, 6) is 1.16. The van der Waals surface area contributed by atoms with Crippen LogP contribution in [-0.4, -0.2) is 74.1 Å². The summed E-state index contributed by atoms with van der Waals surface area (Å²) in [5, 5.41) is 12.4. The summed E-state index contributed by atoms with van der Waals surface area (Å²) in [6.45, 7) is 3.12. The van der Waals surface area contributed by atoms with Crippen LogP contribution in [0.1, 0.15) is 5.56 Å². The van der Waals surface area contributed by atoms with Crippen LogP contribution in [0.2, 0.25) is 0 Å². The van der Waals surface area contributed by atoms with Gasteiger partial charge in [0.1, 0.15) is 5.71 Å². The Morgan fingerprint density at radius 2 is 1.77 bits per heavy atom. The number of likely N-dealkylation sites (N-methyl/N-ethyl adjacent to an activating group) is 1. The van der Waals surface area contributed by atoms with E-state index in [4.69, 9.17) is 14.7 Å². The van der Waals surface area contributed by atoms with Gasteiger partial charge in [-0.05, 0) is 36.9 Å². The van der Waals surface area contributed by atoms with Crippen LogP contribution in [0.5, 0.6) is 11.5 Å². The smallest absolute Gasteiger partial charge is 0.246 e. The van der Waals surface area contributed by atoms with Crippen LogP contribution in [0, 0.1) is 0 Å². The lowest BCUT2D eigenvalue weighted by Crippen LogP contribution is -2.46. The fraction of sp³-hybridized carbons (Fsp3) is 0.368. The lowest BCUT2D eigenvalue weighted by molar-refractivity contribution is -0.127. The largest absolute Gasteiger partial charge is 0.493 e. The number of benzene rings is 1. The monoisotopic (exact) mass is 359 g/mol. The van der Waals surface area contributed by atoms with Crippen LogP contribution in [-0.2, 0) is 4.79 Å². The molecule has 1 heterocycles. The number of ether oxygens (including phenoxy) is 2. The molecule has 0 unspecified atom stereocenters. The third-order valence-corrected chi connectivity index (χ3v) is 4.18. The minimum absolute atomic E-state index is 0.0845. The maximum Gasteiger partial charge on any atom is 0.246 e. The van der Waals surface area contributed by atoms with E-state index in [0.717, 1.165) is 18.7 Å². The summed E-state index contributed by atoms with van der Waals surface area (Å²) in [6.07, 6.45) is 6.31. The van der Waals surface area contributed by atoms with Crippen LogP contribution >= 0.6 is 0 Å². The Kier molecular flexibility index (Phi) is 7.23. The van der Waals surface area contributed by atoms with Crippen molar-refractivity contribution >= 4 is 17.7 Å². The second kappa shape index (κ2) is 9.62. The summed E-state index contributed by atoms with van der Waals surface area (Å²) in [4.78, 5) is 16.1. The number of nitrogens with zero attached hydrogens (tertiary/aromatic N) is 3. The fourth-order valence-electron chi connectivity index (χ4n) is 2.55. The van der Waals surface area contributed by atoms with Gasteiger partial charge in [0, 0.05) is 32.3 Å². The number of hydrogen-bond acceptors (Lipinski definition) is 6. The topological polar surface area (TPSA) is 74.6 Å². The fourth-order valence-corrected chi connectivity index (χ4v) is 2.55. The molecule has 1 aromatic carbocycles. The minimum Gasteiger partial charge on any atom is -0.493 e. The molecule has 1 aliphatic rings. The average molecular weight is 359 g/mol. The molecule has 1 fully saturated rings. The number of methoxy groups -OCH3 is 2. The summed E-state index contributed by atoms with van der Waals surface area (Å²) < 4.78 is 10.5.